The molecule has 7 heteroatoms. The van der Waals surface area contributed by atoms with Crippen LogP contribution in [-0.2, 0) is 14.3 Å². The van der Waals surface area contributed by atoms with E-state index in [0.29, 0.717) is 17.9 Å². The first-order chi connectivity index (χ1) is 12.5. The van der Waals surface area contributed by atoms with Crippen LogP contribution in [-0.4, -0.2) is 36.1 Å². The van der Waals surface area contributed by atoms with Crippen LogP contribution in [0.4, 0.5) is 5.69 Å². The van der Waals surface area contributed by atoms with Gasteiger partial charge in [0.05, 0.1) is 23.0 Å². The summed E-state index contributed by atoms with van der Waals surface area (Å²) in [4.78, 5) is 32.1. The number of aryl methyl sites for hydroxylation is 2. The van der Waals surface area contributed by atoms with E-state index in [1.54, 1.807) is 18.3 Å². The van der Waals surface area contributed by atoms with E-state index >= 15 is 0 Å². The topological polar surface area (TPSA) is 68.7 Å². The molecular formula is C19H22N2O4S. The molecule has 0 radical (unpaired) electrons. The molecule has 0 N–H and O–H groups in total. The largest absolute Gasteiger partial charge is 0.482 e. The second-order valence-corrected chi connectivity index (χ2v) is 7.46. The predicted molar refractivity (Wildman–Crippen MR) is 101 cm³/mol. The van der Waals surface area contributed by atoms with Crippen molar-refractivity contribution in [2.45, 2.75) is 40.2 Å². The second kappa shape index (κ2) is 7.45. The summed E-state index contributed by atoms with van der Waals surface area (Å²) in [5.41, 5.74) is 2.37. The Balaban J connectivity index is 2.07. The standard InChI is InChI=1S/C19H22N2O4S/c1-5-14(19(23)24-6-2)21-15-9-13(18-11(3)26-12(4)20-18)7-8-16(15)25-10-17(21)22/h7-9,14H,5-6,10H2,1-4H3. The summed E-state index contributed by atoms with van der Waals surface area (Å²) < 4.78 is 10.7. The summed E-state index contributed by atoms with van der Waals surface area (Å²) in [7, 11) is 0. The lowest BCUT2D eigenvalue weighted by atomic mass is 10.1. The number of amides is 1. The van der Waals surface area contributed by atoms with Gasteiger partial charge in [-0.2, -0.15) is 0 Å². The molecule has 1 aromatic carbocycles. The molecule has 1 amide bonds. The lowest BCUT2D eigenvalue weighted by Crippen LogP contribution is -2.49. The molecule has 0 saturated heterocycles. The number of thiazole rings is 1. The Hall–Kier alpha value is -2.41. The van der Waals surface area contributed by atoms with Gasteiger partial charge in [0.1, 0.15) is 11.8 Å². The van der Waals surface area contributed by atoms with Gasteiger partial charge in [0.2, 0.25) is 0 Å². The minimum Gasteiger partial charge on any atom is -0.482 e. The summed E-state index contributed by atoms with van der Waals surface area (Å²) in [5, 5.41) is 0.984. The molecule has 0 fully saturated rings. The summed E-state index contributed by atoms with van der Waals surface area (Å²) in [6, 6.07) is 4.96. The maximum Gasteiger partial charge on any atom is 0.329 e. The summed E-state index contributed by atoms with van der Waals surface area (Å²) in [5.74, 6) is -0.0660. The van der Waals surface area contributed by atoms with Gasteiger partial charge in [0.25, 0.3) is 5.91 Å². The van der Waals surface area contributed by atoms with Crippen molar-refractivity contribution in [2.24, 2.45) is 0 Å². The van der Waals surface area contributed by atoms with Crippen LogP contribution in [0.15, 0.2) is 18.2 Å². The fraction of sp³-hybridized carbons (Fsp3) is 0.421. The molecule has 0 saturated carbocycles. The molecule has 0 bridgehead atoms. The van der Waals surface area contributed by atoms with Crippen molar-refractivity contribution < 1.29 is 19.1 Å². The van der Waals surface area contributed by atoms with Crippen molar-refractivity contribution >= 4 is 28.9 Å². The number of rotatable bonds is 5. The van der Waals surface area contributed by atoms with E-state index in [4.69, 9.17) is 9.47 Å². The van der Waals surface area contributed by atoms with Crippen LogP contribution in [0, 0.1) is 13.8 Å². The minimum absolute atomic E-state index is 0.0862. The SMILES string of the molecule is CCOC(=O)C(CC)N1C(=O)COc2ccc(-c3nc(C)sc3C)cc21. The van der Waals surface area contributed by atoms with E-state index in [9.17, 15) is 9.59 Å². The average Bonchev–Trinajstić information content (AvgIpc) is 2.95. The van der Waals surface area contributed by atoms with E-state index in [2.05, 4.69) is 4.98 Å². The molecule has 0 aliphatic carbocycles. The number of benzene rings is 1. The Labute approximate surface area is 156 Å². The van der Waals surface area contributed by atoms with Crippen molar-refractivity contribution in [2.75, 3.05) is 18.1 Å². The first-order valence-electron chi connectivity index (χ1n) is 8.66. The van der Waals surface area contributed by atoms with Gasteiger partial charge in [-0.15, -0.1) is 11.3 Å². The molecule has 1 unspecified atom stereocenters. The molecule has 26 heavy (non-hydrogen) atoms. The third kappa shape index (κ3) is 3.31. The Morgan fingerprint density at radius 2 is 2.15 bits per heavy atom. The maximum absolute atomic E-state index is 12.6. The quantitative estimate of drug-likeness (QED) is 0.750. The van der Waals surface area contributed by atoms with E-state index in [-0.39, 0.29) is 19.1 Å². The summed E-state index contributed by atoms with van der Waals surface area (Å²) >= 11 is 1.63. The molecular weight excluding hydrogens is 352 g/mol. The number of carbonyl (C=O) groups is 2. The molecule has 138 valence electrons. The Bertz CT molecular complexity index is 846. The fourth-order valence-electron chi connectivity index (χ4n) is 3.15. The van der Waals surface area contributed by atoms with Gasteiger partial charge in [0.15, 0.2) is 6.61 Å². The van der Waals surface area contributed by atoms with E-state index in [1.165, 1.54) is 4.90 Å². The number of hydrogen-bond acceptors (Lipinski definition) is 6. The van der Waals surface area contributed by atoms with Crippen LogP contribution in [0.3, 0.4) is 0 Å². The number of nitrogens with zero attached hydrogens (tertiary/aromatic N) is 2. The highest BCUT2D eigenvalue weighted by atomic mass is 32.1. The number of fused-ring (bicyclic) bond motifs is 1. The van der Waals surface area contributed by atoms with Gasteiger partial charge in [-0.05, 0) is 45.4 Å². The summed E-state index contributed by atoms with van der Waals surface area (Å²) in [6.07, 6.45) is 0.461. The molecule has 1 aliphatic heterocycles. The number of aromatic nitrogens is 1. The number of hydrogen-bond donors (Lipinski definition) is 0. The maximum atomic E-state index is 12.6. The predicted octanol–water partition coefficient (Wildman–Crippen LogP) is 3.49. The third-order valence-corrected chi connectivity index (χ3v) is 5.16. The first-order valence-corrected chi connectivity index (χ1v) is 9.47. The lowest BCUT2D eigenvalue weighted by Gasteiger charge is -2.34. The van der Waals surface area contributed by atoms with Crippen LogP contribution >= 0.6 is 11.3 Å². The van der Waals surface area contributed by atoms with Gasteiger partial charge in [0, 0.05) is 10.4 Å². The van der Waals surface area contributed by atoms with Crippen molar-refractivity contribution in [1.82, 2.24) is 4.98 Å². The number of carbonyl (C=O) groups excluding carboxylic acids is 2. The van der Waals surface area contributed by atoms with Gasteiger partial charge in [-0.3, -0.25) is 9.69 Å². The zero-order valence-electron chi connectivity index (χ0n) is 15.4. The first kappa shape index (κ1) is 18.4. The van der Waals surface area contributed by atoms with Gasteiger partial charge in [-0.25, -0.2) is 9.78 Å². The molecule has 1 aromatic heterocycles. The number of anilines is 1. The van der Waals surface area contributed by atoms with Gasteiger partial charge in [-0.1, -0.05) is 6.92 Å². The van der Waals surface area contributed by atoms with Gasteiger partial charge < -0.3 is 9.47 Å². The molecule has 1 aliphatic rings. The smallest absolute Gasteiger partial charge is 0.329 e. The van der Waals surface area contributed by atoms with E-state index in [0.717, 1.165) is 21.1 Å². The zero-order chi connectivity index (χ0) is 18.8. The molecule has 2 heterocycles. The summed E-state index contributed by atoms with van der Waals surface area (Å²) in [6.45, 7) is 7.79. The van der Waals surface area contributed by atoms with Crippen LogP contribution < -0.4 is 9.64 Å². The molecule has 3 rings (SSSR count). The molecule has 0 spiro atoms. The Kier molecular flexibility index (Phi) is 5.27. The van der Waals surface area contributed by atoms with Crippen LogP contribution in [0.1, 0.15) is 30.2 Å². The van der Waals surface area contributed by atoms with Crippen molar-refractivity contribution in [3.8, 4) is 17.0 Å². The molecule has 2 aromatic rings. The normalized spacial score (nSPS) is 14.6. The lowest BCUT2D eigenvalue weighted by molar-refractivity contribution is -0.146. The van der Waals surface area contributed by atoms with Crippen molar-refractivity contribution in [3.63, 3.8) is 0 Å². The Morgan fingerprint density at radius 1 is 1.38 bits per heavy atom. The highest BCUT2D eigenvalue weighted by molar-refractivity contribution is 7.11. The monoisotopic (exact) mass is 374 g/mol. The number of ether oxygens (including phenoxy) is 2. The fourth-order valence-corrected chi connectivity index (χ4v) is 3.99. The highest BCUT2D eigenvalue weighted by Gasteiger charge is 2.36. The number of esters is 1. The highest BCUT2D eigenvalue weighted by Crippen LogP contribution is 2.39. The molecule has 1 atom stereocenters. The second-order valence-electron chi connectivity index (χ2n) is 6.05. The Morgan fingerprint density at radius 3 is 2.77 bits per heavy atom. The minimum atomic E-state index is -0.668. The van der Waals surface area contributed by atoms with Crippen molar-refractivity contribution in [3.05, 3.63) is 28.1 Å². The third-order valence-electron chi connectivity index (χ3n) is 4.27. The van der Waals surface area contributed by atoms with Crippen LogP contribution in [0.5, 0.6) is 5.75 Å². The van der Waals surface area contributed by atoms with E-state index in [1.807, 2.05) is 39.0 Å². The van der Waals surface area contributed by atoms with Crippen LogP contribution in [0.25, 0.3) is 11.3 Å². The zero-order valence-corrected chi connectivity index (χ0v) is 16.2. The van der Waals surface area contributed by atoms with Crippen molar-refractivity contribution in [1.29, 1.82) is 0 Å². The van der Waals surface area contributed by atoms with E-state index < -0.39 is 12.0 Å². The van der Waals surface area contributed by atoms with Gasteiger partial charge >= 0.3 is 5.97 Å². The van der Waals surface area contributed by atoms with Crippen LogP contribution in [0.2, 0.25) is 0 Å². The molecule has 6 nitrogen and oxygen atoms in total. The average molecular weight is 374 g/mol.